The molecule has 2 unspecified atom stereocenters. The van der Waals surface area contributed by atoms with Crippen molar-refractivity contribution in [2.24, 2.45) is 0 Å². The number of hydrogen-bond donors (Lipinski definition) is 2. The molecule has 0 saturated heterocycles. The molecule has 2 N–H and O–H groups in total. The van der Waals surface area contributed by atoms with Gasteiger partial charge in [-0.25, -0.2) is 0 Å². The molecule has 1 fully saturated rings. The summed E-state index contributed by atoms with van der Waals surface area (Å²) in [6.45, 7) is 2.99. The van der Waals surface area contributed by atoms with Gasteiger partial charge in [0.15, 0.2) is 0 Å². The molecule has 0 aromatic heterocycles. The minimum Gasteiger partial charge on any atom is -0.391 e. The quantitative estimate of drug-likeness (QED) is 0.710. The summed E-state index contributed by atoms with van der Waals surface area (Å²) in [5.41, 5.74) is 0. The second-order valence-corrected chi connectivity index (χ2v) is 4.38. The van der Waals surface area contributed by atoms with Gasteiger partial charge in [0.1, 0.15) is 0 Å². The molecule has 4 nitrogen and oxygen atoms in total. The van der Waals surface area contributed by atoms with Gasteiger partial charge in [0.2, 0.25) is 5.91 Å². The predicted molar refractivity (Wildman–Crippen MR) is 59.6 cm³/mol. The van der Waals surface area contributed by atoms with Crippen molar-refractivity contribution in [2.75, 3.05) is 20.1 Å². The largest absolute Gasteiger partial charge is 0.391 e. The Hall–Kier alpha value is -0.610. The molecule has 0 spiro atoms. The van der Waals surface area contributed by atoms with E-state index in [1.54, 1.807) is 0 Å². The van der Waals surface area contributed by atoms with Gasteiger partial charge < -0.3 is 10.4 Å². The molecular weight excluding hydrogens is 192 g/mol. The molecule has 0 bridgehead atoms. The summed E-state index contributed by atoms with van der Waals surface area (Å²) in [4.78, 5) is 12.8. The molecule has 0 aliphatic heterocycles. The molecule has 88 valence electrons. The lowest BCUT2D eigenvalue weighted by Gasteiger charge is -2.35. The highest BCUT2D eigenvalue weighted by atomic mass is 16.3. The van der Waals surface area contributed by atoms with Gasteiger partial charge in [0, 0.05) is 26.1 Å². The van der Waals surface area contributed by atoms with E-state index in [4.69, 9.17) is 0 Å². The van der Waals surface area contributed by atoms with Crippen LogP contribution in [0, 0.1) is 0 Å². The van der Waals surface area contributed by atoms with Crippen molar-refractivity contribution in [2.45, 2.75) is 44.8 Å². The smallest absolute Gasteiger partial charge is 0.216 e. The normalized spacial score (nSPS) is 26.7. The summed E-state index contributed by atoms with van der Waals surface area (Å²) >= 11 is 0. The van der Waals surface area contributed by atoms with E-state index in [-0.39, 0.29) is 18.1 Å². The first kappa shape index (κ1) is 12.5. The van der Waals surface area contributed by atoms with E-state index in [1.807, 2.05) is 7.05 Å². The van der Waals surface area contributed by atoms with Gasteiger partial charge in [-0.2, -0.15) is 0 Å². The summed E-state index contributed by atoms with van der Waals surface area (Å²) in [5, 5.41) is 12.6. The van der Waals surface area contributed by atoms with Crippen molar-refractivity contribution in [1.29, 1.82) is 0 Å². The number of aliphatic hydroxyl groups is 1. The maximum absolute atomic E-state index is 10.7. The van der Waals surface area contributed by atoms with Crippen LogP contribution < -0.4 is 5.32 Å². The lowest BCUT2D eigenvalue weighted by atomic mass is 9.91. The highest BCUT2D eigenvalue weighted by Gasteiger charge is 2.25. The fraction of sp³-hybridized carbons (Fsp3) is 0.909. The topological polar surface area (TPSA) is 52.6 Å². The molecule has 4 heteroatoms. The van der Waals surface area contributed by atoms with Crippen LogP contribution in [0.1, 0.15) is 32.6 Å². The number of likely N-dealkylation sites (N-methyl/N-ethyl adjacent to an activating group) is 1. The van der Waals surface area contributed by atoms with E-state index in [0.29, 0.717) is 6.54 Å². The summed E-state index contributed by atoms with van der Waals surface area (Å²) in [7, 11) is 2.01. The van der Waals surface area contributed by atoms with E-state index in [0.717, 1.165) is 25.8 Å². The fourth-order valence-corrected chi connectivity index (χ4v) is 2.18. The number of aliphatic hydroxyl groups excluding tert-OH is 1. The zero-order valence-corrected chi connectivity index (χ0v) is 9.70. The molecular formula is C11H22N2O2. The van der Waals surface area contributed by atoms with Crippen molar-refractivity contribution in [3.8, 4) is 0 Å². The Kier molecular flexibility index (Phi) is 5.05. The summed E-state index contributed by atoms with van der Waals surface area (Å²) < 4.78 is 0. The highest BCUT2D eigenvalue weighted by molar-refractivity contribution is 5.72. The number of amides is 1. The Balaban J connectivity index is 2.25. The van der Waals surface area contributed by atoms with Crippen LogP contribution in [0.5, 0.6) is 0 Å². The van der Waals surface area contributed by atoms with Crippen LogP contribution in [-0.4, -0.2) is 48.2 Å². The third kappa shape index (κ3) is 4.18. The zero-order valence-electron chi connectivity index (χ0n) is 9.70. The van der Waals surface area contributed by atoms with Gasteiger partial charge in [-0.15, -0.1) is 0 Å². The molecule has 1 aliphatic rings. The van der Waals surface area contributed by atoms with Gasteiger partial charge in [-0.3, -0.25) is 9.69 Å². The van der Waals surface area contributed by atoms with Crippen LogP contribution in [-0.2, 0) is 4.79 Å². The Bertz CT molecular complexity index is 209. The third-order valence-electron chi connectivity index (χ3n) is 3.10. The summed E-state index contributed by atoms with van der Waals surface area (Å²) in [6, 6.07) is 0.271. The van der Waals surface area contributed by atoms with Crippen LogP contribution in [0.2, 0.25) is 0 Å². The van der Waals surface area contributed by atoms with Gasteiger partial charge in [-0.1, -0.05) is 12.8 Å². The van der Waals surface area contributed by atoms with Crippen LogP contribution >= 0.6 is 0 Å². The summed E-state index contributed by atoms with van der Waals surface area (Å²) in [6.07, 6.45) is 4.12. The van der Waals surface area contributed by atoms with Crippen LogP contribution in [0.25, 0.3) is 0 Å². The lowest BCUT2D eigenvalue weighted by molar-refractivity contribution is -0.119. The molecule has 2 atom stereocenters. The van der Waals surface area contributed by atoms with Gasteiger partial charge in [0.25, 0.3) is 0 Å². The standard InChI is InChI=1S/C11H22N2O2/c1-9(14)12-7-8-13(2)10-5-3-4-6-11(10)15/h10-11,15H,3-8H2,1-2H3,(H,12,14). The van der Waals surface area contributed by atoms with Gasteiger partial charge >= 0.3 is 0 Å². The number of hydrogen-bond acceptors (Lipinski definition) is 3. The number of nitrogens with one attached hydrogen (secondary N) is 1. The van der Waals surface area contributed by atoms with E-state index >= 15 is 0 Å². The number of nitrogens with zero attached hydrogens (tertiary/aromatic N) is 1. The number of carbonyl (C=O) groups excluding carboxylic acids is 1. The molecule has 0 aromatic rings. The van der Waals surface area contributed by atoms with Crippen LogP contribution in [0.4, 0.5) is 0 Å². The number of rotatable bonds is 4. The molecule has 0 radical (unpaired) electrons. The molecule has 15 heavy (non-hydrogen) atoms. The molecule has 0 aromatic carbocycles. The predicted octanol–water partition coefficient (Wildman–Crippen LogP) is 0.358. The third-order valence-corrected chi connectivity index (χ3v) is 3.10. The maximum atomic E-state index is 10.7. The average Bonchev–Trinajstić information content (AvgIpc) is 2.17. The monoisotopic (exact) mass is 214 g/mol. The molecule has 1 amide bonds. The molecule has 0 heterocycles. The number of carbonyl (C=O) groups is 1. The van der Waals surface area contributed by atoms with E-state index in [2.05, 4.69) is 10.2 Å². The minimum atomic E-state index is -0.193. The second kappa shape index (κ2) is 6.08. The van der Waals surface area contributed by atoms with E-state index in [9.17, 15) is 9.90 Å². The molecule has 1 saturated carbocycles. The van der Waals surface area contributed by atoms with Gasteiger partial charge in [-0.05, 0) is 19.9 Å². The van der Waals surface area contributed by atoms with E-state index in [1.165, 1.54) is 13.3 Å². The Morgan fingerprint density at radius 1 is 1.47 bits per heavy atom. The first-order chi connectivity index (χ1) is 7.11. The van der Waals surface area contributed by atoms with Crippen LogP contribution in [0.15, 0.2) is 0 Å². The van der Waals surface area contributed by atoms with Crippen molar-refractivity contribution in [1.82, 2.24) is 10.2 Å². The van der Waals surface area contributed by atoms with Crippen molar-refractivity contribution in [3.05, 3.63) is 0 Å². The highest BCUT2D eigenvalue weighted by Crippen LogP contribution is 2.21. The van der Waals surface area contributed by atoms with Gasteiger partial charge in [0.05, 0.1) is 6.10 Å². The Morgan fingerprint density at radius 2 is 2.13 bits per heavy atom. The second-order valence-electron chi connectivity index (χ2n) is 4.38. The first-order valence-electron chi connectivity index (χ1n) is 5.74. The van der Waals surface area contributed by atoms with Crippen molar-refractivity contribution < 1.29 is 9.90 Å². The van der Waals surface area contributed by atoms with Crippen molar-refractivity contribution >= 4 is 5.91 Å². The molecule has 1 rings (SSSR count). The zero-order chi connectivity index (χ0) is 11.3. The Morgan fingerprint density at radius 3 is 2.73 bits per heavy atom. The SMILES string of the molecule is CC(=O)NCCN(C)C1CCCCC1O. The van der Waals surface area contributed by atoms with Crippen molar-refractivity contribution in [3.63, 3.8) is 0 Å². The Labute approximate surface area is 91.6 Å². The average molecular weight is 214 g/mol. The molecule has 1 aliphatic carbocycles. The van der Waals surface area contributed by atoms with Crippen LogP contribution in [0.3, 0.4) is 0 Å². The fourth-order valence-electron chi connectivity index (χ4n) is 2.18. The first-order valence-corrected chi connectivity index (χ1v) is 5.74. The van der Waals surface area contributed by atoms with E-state index < -0.39 is 0 Å². The summed E-state index contributed by atoms with van der Waals surface area (Å²) in [5.74, 6) is 0.00703. The minimum absolute atomic E-state index is 0.00703. The lowest BCUT2D eigenvalue weighted by Crippen LogP contribution is -2.46. The maximum Gasteiger partial charge on any atom is 0.216 e.